The third kappa shape index (κ3) is 2.24. The molecule has 3 nitrogen and oxygen atoms in total. The first-order chi connectivity index (χ1) is 6.19. The van der Waals surface area contributed by atoms with Crippen molar-refractivity contribution in [3.05, 3.63) is 29.3 Å². The summed E-state index contributed by atoms with van der Waals surface area (Å²) >= 11 is 3.14. The molecule has 0 radical (unpaired) electrons. The molecule has 70 valence electrons. The molecular weight excluding hydrogens is 241 g/mol. The summed E-state index contributed by atoms with van der Waals surface area (Å²) in [5.74, 6) is -1.13. The molecule has 5 heteroatoms. The van der Waals surface area contributed by atoms with E-state index in [1.54, 1.807) is 0 Å². The predicted molar refractivity (Wildman–Crippen MR) is 48.2 cm³/mol. The van der Waals surface area contributed by atoms with Crippen LogP contribution in [0.25, 0.3) is 0 Å². The zero-order chi connectivity index (χ0) is 9.84. The fraction of sp³-hybridized carbons (Fsp3) is 0.250. The Morgan fingerprint density at radius 3 is 3.00 bits per heavy atom. The Labute approximate surface area is 83.1 Å². The lowest BCUT2D eigenvalue weighted by Crippen LogP contribution is -2.07. The summed E-state index contributed by atoms with van der Waals surface area (Å²) in [6, 6.07) is 1.11. The van der Waals surface area contributed by atoms with Crippen molar-refractivity contribution in [2.45, 2.75) is 5.33 Å². The van der Waals surface area contributed by atoms with Gasteiger partial charge < -0.3 is 4.74 Å². The fourth-order valence-corrected chi connectivity index (χ4v) is 1.31. The van der Waals surface area contributed by atoms with E-state index in [-0.39, 0.29) is 5.56 Å². The lowest BCUT2D eigenvalue weighted by molar-refractivity contribution is 0.0598. The third-order valence-corrected chi connectivity index (χ3v) is 2.00. The highest BCUT2D eigenvalue weighted by atomic mass is 79.9. The van der Waals surface area contributed by atoms with Gasteiger partial charge in [0.15, 0.2) is 0 Å². The number of hydrogen-bond donors (Lipinski definition) is 0. The quantitative estimate of drug-likeness (QED) is 0.592. The van der Waals surface area contributed by atoms with Crippen molar-refractivity contribution >= 4 is 21.9 Å². The van der Waals surface area contributed by atoms with E-state index in [0.29, 0.717) is 11.0 Å². The number of hydrogen-bond acceptors (Lipinski definition) is 3. The lowest BCUT2D eigenvalue weighted by atomic mass is 10.2. The van der Waals surface area contributed by atoms with Gasteiger partial charge in [0.2, 0.25) is 0 Å². The van der Waals surface area contributed by atoms with Crippen molar-refractivity contribution < 1.29 is 13.9 Å². The van der Waals surface area contributed by atoms with Crippen molar-refractivity contribution in [3.8, 4) is 0 Å². The SMILES string of the molecule is COC(=O)c1cc(F)cnc1CBr. The van der Waals surface area contributed by atoms with Crippen LogP contribution in [0.2, 0.25) is 0 Å². The first-order valence-electron chi connectivity index (χ1n) is 3.47. The minimum absolute atomic E-state index is 0.152. The van der Waals surface area contributed by atoms with E-state index in [1.165, 1.54) is 7.11 Å². The van der Waals surface area contributed by atoms with E-state index in [0.717, 1.165) is 12.3 Å². The molecular formula is C8H7BrFNO2. The van der Waals surface area contributed by atoms with Gasteiger partial charge >= 0.3 is 5.97 Å². The molecule has 1 rings (SSSR count). The van der Waals surface area contributed by atoms with Crippen LogP contribution in [-0.2, 0) is 10.1 Å². The second kappa shape index (κ2) is 4.32. The lowest BCUT2D eigenvalue weighted by Gasteiger charge is -2.03. The number of aromatic nitrogens is 1. The molecule has 0 saturated heterocycles. The van der Waals surface area contributed by atoms with Gasteiger partial charge in [-0.2, -0.15) is 0 Å². The number of alkyl halides is 1. The Morgan fingerprint density at radius 2 is 2.46 bits per heavy atom. The zero-order valence-corrected chi connectivity index (χ0v) is 8.47. The molecule has 13 heavy (non-hydrogen) atoms. The van der Waals surface area contributed by atoms with Crippen LogP contribution in [0.3, 0.4) is 0 Å². The van der Waals surface area contributed by atoms with Gasteiger partial charge in [0.05, 0.1) is 24.6 Å². The molecule has 0 spiro atoms. The molecule has 1 heterocycles. The standard InChI is InChI=1S/C8H7BrFNO2/c1-13-8(12)6-2-5(10)4-11-7(6)3-9/h2,4H,3H2,1H3. The van der Waals surface area contributed by atoms with Crippen LogP contribution in [0.15, 0.2) is 12.3 Å². The Bertz CT molecular complexity index is 330. The van der Waals surface area contributed by atoms with Gasteiger partial charge in [0.25, 0.3) is 0 Å². The number of nitrogens with zero attached hydrogens (tertiary/aromatic N) is 1. The number of carbonyl (C=O) groups excluding carboxylic acids is 1. The summed E-state index contributed by atoms with van der Waals surface area (Å²) in [6.45, 7) is 0. The predicted octanol–water partition coefficient (Wildman–Crippen LogP) is 1.90. The van der Waals surface area contributed by atoms with Gasteiger partial charge in [-0.15, -0.1) is 0 Å². The first-order valence-corrected chi connectivity index (χ1v) is 4.60. The van der Waals surface area contributed by atoms with Gasteiger partial charge in [0, 0.05) is 5.33 Å². The number of esters is 1. The van der Waals surface area contributed by atoms with Gasteiger partial charge in [-0.25, -0.2) is 9.18 Å². The molecule has 0 aliphatic rings. The summed E-state index contributed by atoms with van der Waals surface area (Å²) in [6.07, 6.45) is 1.06. The summed E-state index contributed by atoms with van der Waals surface area (Å²) < 4.78 is 17.2. The van der Waals surface area contributed by atoms with Crippen molar-refractivity contribution in [1.82, 2.24) is 4.98 Å². The van der Waals surface area contributed by atoms with Gasteiger partial charge in [-0.05, 0) is 6.07 Å². The molecule has 0 N–H and O–H groups in total. The van der Waals surface area contributed by atoms with Crippen LogP contribution in [-0.4, -0.2) is 18.1 Å². The number of halogens is 2. The highest BCUT2D eigenvalue weighted by Crippen LogP contribution is 2.12. The van der Waals surface area contributed by atoms with E-state index in [9.17, 15) is 9.18 Å². The second-order valence-corrected chi connectivity index (χ2v) is 2.83. The minimum atomic E-state index is -0.582. The average molecular weight is 248 g/mol. The Kier molecular flexibility index (Phi) is 3.36. The largest absolute Gasteiger partial charge is 0.465 e. The molecule has 0 fully saturated rings. The van der Waals surface area contributed by atoms with Crippen molar-refractivity contribution in [2.24, 2.45) is 0 Å². The summed E-state index contributed by atoms with van der Waals surface area (Å²) in [5.41, 5.74) is 0.618. The van der Waals surface area contributed by atoms with Crippen LogP contribution >= 0.6 is 15.9 Å². The number of methoxy groups -OCH3 is 1. The van der Waals surface area contributed by atoms with Crippen molar-refractivity contribution in [1.29, 1.82) is 0 Å². The molecule has 0 bridgehead atoms. The zero-order valence-electron chi connectivity index (χ0n) is 6.88. The smallest absolute Gasteiger partial charge is 0.339 e. The molecule has 0 unspecified atom stereocenters. The highest BCUT2D eigenvalue weighted by Gasteiger charge is 2.12. The number of ether oxygens (including phenoxy) is 1. The molecule has 0 atom stereocenters. The van der Waals surface area contributed by atoms with E-state index in [4.69, 9.17) is 0 Å². The van der Waals surface area contributed by atoms with Gasteiger partial charge in [0.1, 0.15) is 5.82 Å². The van der Waals surface area contributed by atoms with Crippen LogP contribution < -0.4 is 0 Å². The fourth-order valence-electron chi connectivity index (χ4n) is 0.861. The summed E-state index contributed by atoms with van der Waals surface area (Å²) in [4.78, 5) is 14.8. The monoisotopic (exact) mass is 247 g/mol. The average Bonchev–Trinajstić information content (AvgIpc) is 2.16. The van der Waals surface area contributed by atoms with Gasteiger partial charge in [-0.3, -0.25) is 4.98 Å². The Hall–Kier alpha value is -0.970. The first kappa shape index (κ1) is 10.1. The molecule has 0 aromatic carbocycles. The maximum Gasteiger partial charge on any atom is 0.339 e. The Balaban J connectivity index is 3.15. The molecule has 1 aromatic rings. The van der Waals surface area contributed by atoms with E-state index in [2.05, 4.69) is 25.7 Å². The van der Waals surface area contributed by atoms with Crippen molar-refractivity contribution in [2.75, 3.05) is 7.11 Å². The summed E-state index contributed by atoms with van der Waals surface area (Å²) in [5, 5.41) is 0.387. The number of carbonyl (C=O) groups is 1. The van der Waals surface area contributed by atoms with Crippen LogP contribution in [0.1, 0.15) is 16.1 Å². The molecule has 0 aliphatic heterocycles. The highest BCUT2D eigenvalue weighted by molar-refractivity contribution is 9.08. The Morgan fingerprint density at radius 1 is 1.77 bits per heavy atom. The van der Waals surface area contributed by atoms with E-state index < -0.39 is 11.8 Å². The maximum atomic E-state index is 12.7. The molecule has 1 aromatic heterocycles. The minimum Gasteiger partial charge on any atom is -0.465 e. The topological polar surface area (TPSA) is 39.2 Å². The third-order valence-electron chi connectivity index (χ3n) is 1.47. The molecule has 0 saturated carbocycles. The van der Waals surface area contributed by atoms with Crippen LogP contribution in [0.4, 0.5) is 4.39 Å². The number of rotatable bonds is 2. The van der Waals surface area contributed by atoms with Crippen molar-refractivity contribution in [3.63, 3.8) is 0 Å². The molecule has 0 amide bonds. The van der Waals surface area contributed by atoms with E-state index >= 15 is 0 Å². The van der Waals surface area contributed by atoms with Crippen LogP contribution in [0, 0.1) is 5.82 Å². The second-order valence-electron chi connectivity index (χ2n) is 2.27. The normalized spacial score (nSPS) is 9.77. The summed E-state index contributed by atoms with van der Waals surface area (Å²) in [7, 11) is 1.24. The molecule has 0 aliphatic carbocycles. The van der Waals surface area contributed by atoms with E-state index in [1.807, 2.05) is 0 Å². The number of pyridine rings is 1. The van der Waals surface area contributed by atoms with Gasteiger partial charge in [-0.1, -0.05) is 15.9 Å². The van der Waals surface area contributed by atoms with Crippen LogP contribution in [0.5, 0.6) is 0 Å². The maximum absolute atomic E-state index is 12.7.